The minimum Gasteiger partial charge on any atom is -0.487 e. The highest BCUT2D eigenvalue weighted by Gasteiger charge is 2.40. The molecule has 218 valence electrons. The molecular formula is C34H41FN2O4. The van der Waals surface area contributed by atoms with Crippen molar-refractivity contribution in [3.63, 3.8) is 0 Å². The lowest BCUT2D eigenvalue weighted by Crippen LogP contribution is -2.39. The molecule has 0 spiro atoms. The van der Waals surface area contributed by atoms with Crippen LogP contribution in [0.4, 0.5) is 4.39 Å². The van der Waals surface area contributed by atoms with E-state index in [4.69, 9.17) is 14.5 Å². The van der Waals surface area contributed by atoms with E-state index in [2.05, 4.69) is 32.7 Å². The Kier molecular flexibility index (Phi) is 8.09. The second kappa shape index (κ2) is 11.4. The number of hydrogen-bond acceptors (Lipinski definition) is 5. The maximum Gasteiger partial charge on any atom is 0.303 e. The molecule has 1 aromatic heterocycles. The molecule has 2 saturated carbocycles. The molecule has 2 fully saturated rings. The van der Waals surface area contributed by atoms with Crippen molar-refractivity contribution >= 4 is 5.97 Å². The molecule has 1 N–H and O–H groups in total. The van der Waals surface area contributed by atoms with E-state index in [0.29, 0.717) is 34.5 Å². The van der Waals surface area contributed by atoms with E-state index in [1.165, 1.54) is 6.07 Å². The van der Waals surface area contributed by atoms with Crippen LogP contribution < -0.4 is 9.47 Å². The summed E-state index contributed by atoms with van der Waals surface area (Å²) in [6.07, 6.45) is 6.63. The quantitative estimate of drug-likeness (QED) is 0.270. The van der Waals surface area contributed by atoms with Crippen LogP contribution in [-0.2, 0) is 11.4 Å². The van der Waals surface area contributed by atoms with Crippen LogP contribution >= 0.6 is 0 Å². The van der Waals surface area contributed by atoms with Gasteiger partial charge in [-0.25, -0.2) is 14.4 Å². The lowest BCUT2D eigenvalue weighted by atomic mass is 9.64. The number of carbonyl (C=O) groups is 1. The van der Waals surface area contributed by atoms with Crippen molar-refractivity contribution in [1.82, 2.24) is 9.97 Å². The van der Waals surface area contributed by atoms with Crippen molar-refractivity contribution in [3.8, 4) is 22.9 Å². The van der Waals surface area contributed by atoms with Gasteiger partial charge in [0.15, 0.2) is 0 Å². The van der Waals surface area contributed by atoms with Crippen LogP contribution in [0.3, 0.4) is 0 Å². The molecule has 0 saturated heterocycles. The van der Waals surface area contributed by atoms with Crippen molar-refractivity contribution in [2.45, 2.75) is 91.8 Å². The third-order valence-corrected chi connectivity index (χ3v) is 8.22. The zero-order valence-electron chi connectivity index (χ0n) is 24.7. The SMILES string of the molecule is Cc1ccc(F)c(-c2ncc(COc3cccc([C@@H](CC(=O)O)C4CC4)c3)nc2OC2CC(C)(C)CC(C)(C)C2)c1. The molecule has 0 amide bonds. The smallest absolute Gasteiger partial charge is 0.303 e. The van der Waals surface area contributed by atoms with Gasteiger partial charge in [0.25, 0.3) is 0 Å². The van der Waals surface area contributed by atoms with Gasteiger partial charge in [-0.05, 0) is 91.5 Å². The maximum absolute atomic E-state index is 15.0. The summed E-state index contributed by atoms with van der Waals surface area (Å²) in [5, 5.41) is 9.40. The molecule has 6 nitrogen and oxygen atoms in total. The Morgan fingerprint density at radius 1 is 1.10 bits per heavy atom. The monoisotopic (exact) mass is 560 g/mol. The van der Waals surface area contributed by atoms with E-state index in [1.807, 2.05) is 31.2 Å². The van der Waals surface area contributed by atoms with E-state index >= 15 is 0 Å². The zero-order chi connectivity index (χ0) is 29.4. The summed E-state index contributed by atoms with van der Waals surface area (Å²) in [5.41, 5.74) is 3.45. The fourth-order valence-corrected chi connectivity index (χ4v) is 6.79. The van der Waals surface area contributed by atoms with Gasteiger partial charge in [0.1, 0.15) is 35.7 Å². The lowest BCUT2D eigenvalue weighted by molar-refractivity contribution is -0.137. The molecule has 5 rings (SSSR count). The van der Waals surface area contributed by atoms with Crippen LogP contribution in [-0.4, -0.2) is 27.1 Å². The van der Waals surface area contributed by atoms with E-state index in [-0.39, 0.29) is 41.7 Å². The number of carboxylic acid groups (broad SMARTS) is 1. The molecule has 0 unspecified atom stereocenters. The van der Waals surface area contributed by atoms with Gasteiger partial charge in [0, 0.05) is 5.56 Å². The molecule has 1 atom stereocenters. The number of nitrogens with zero attached hydrogens (tertiary/aromatic N) is 2. The standard InChI is InChI=1S/C34H41FN2O4/c1-21-9-12-29(35)28(13-21)31-32(41-26-16-33(2,3)20-34(4,5)17-26)37-24(18-36-31)19-40-25-8-6-7-23(14-25)27(15-30(38)39)22-10-11-22/h6-9,12-14,18,22,26-27H,10-11,15-17,19-20H2,1-5H3,(H,38,39)/t27-/m0/s1. The first kappa shape index (κ1) is 29.0. The van der Waals surface area contributed by atoms with E-state index in [1.54, 1.807) is 18.3 Å². The number of ether oxygens (including phenoxy) is 2. The summed E-state index contributed by atoms with van der Waals surface area (Å²) in [4.78, 5) is 20.9. The van der Waals surface area contributed by atoms with Gasteiger partial charge >= 0.3 is 5.97 Å². The Balaban J connectivity index is 1.40. The molecule has 1 heterocycles. The van der Waals surface area contributed by atoms with Crippen molar-refractivity contribution < 1.29 is 23.8 Å². The second-order valence-corrected chi connectivity index (χ2v) is 13.6. The van der Waals surface area contributed by atoms with E-state index in [0.717, 1.165) is 43.2 Å². The predicted octanol–water partition coefficient (Wildman–Crippen LogP) is 8.12. The molecule has 2 aliphatic carbocycles. The predicted molar refractivity (Wildman–Crippen MR) is 156 cm³/mol. The van der Waals surface area contributed by atoms with Crippen molar-refractivity contribution in [3.05, 3.63) is 71.3 Å². The first-order chi connectivity index (χ1) is 19.4. The molecule has 3 aromatic rings. The number of aliphatic carboxylic acids is 1. The Bertz CT molecular complexity index is 1400. The summed E-state index contributed by atoms with van der Waals surface area (Å²) < 4.78 is 27.7. The first-order valence-corrected chi connectivity index (χ1v) is 14.6. The Morgan fingerprint density at radius 2 is 1.83 bits per heavy atom. The Labute approximate surface area is 242 Å². The third-order valence-electron chi connectivity index (χ3n) is 8.22. The molecule has 2 aromatic carbocycles. The first-order valence-electron chi connectivity index (χ1n) is 14.6. The van der Waals surface area contributed by atoms with Gasteiger partial charge in [-0.2, -0.15) is 0 Å². The molecular weight excluding hydrogens is 519 g/mol. The second-order valence-electron chi connectivity index (χ2n) is 13.6. The van der Waals surface area contributed by atoms with Crippen LogP contribution in [0.2, 0.25) is 0 Å². The Hall–Kier alpha value is -3.48. The third kappa shape index (κ3) is 7.43. The lowest BCUT2D eigenvalue weighted by Gasteiger charge is -2.44. The van der Waals surface area contributed by atoms with Crippen LogP contribution in [0.25, 0.3) is 11.3 Å². The zero-order valence-corrected chi connectivity index (χ0v) is 24.7. The number of aryl methyl sites for hydroxylation is 1. The van der Waals surface area contributed by atoms with Crippen LogP contribution in [0.1, 0.15) is 89.0 Å². The fourth-order valence-electron chi connectivity index (χ4n) is 6.79. The van der Waals surface area contributed by atoms with Crippen molar-refractivity contribution in [2.75, 3.05) is 0 Å². The van der Waals surface area contributed by atoms with Gasteiger partial charge in [-0.1, -0.05) is 51.5 Å². The highest BCUT2D eigenvalue weighted by molar-refractivity contribution is 5.68. The topological polar surface area (TPSA) is 81.5 Å². The Morgan fingerprint density at radius 3 is 2.51 bits per heavy atom. The van der Waals surface area contributed by atoms with Gasteiger partial charge in [-0.3, -0.25) is 4.79 Å². The van der Waals surface area contributed by atoms with Crippen LogP contribution in [0.5, 0.6) is 11.6 Å². The van der Waals surface area contributed by atoms with Crippen LogP contribution in [0, 0.1) is 29.5 Å². The van der Waals surface area contributed by atoms with Gasteiger partial charge < -0.3 is 14.6 Å². The molecule has 0 radical (unpaired) electrons. The molecule has 41 heavy (non-hydrogen) atoms. The summed E-state index contributed by atoms with van der Waals surface area (Å²) in [6, 6.07) is 12.6. The maximum atomic E-state index is 15.0. The summed E-state index contributed by atoms with van der Waals surface area (Å²) in [7, 11) is 0. The number of carboxylic acids is 1. The van der Waals surface area contributed by atoms with Crippen molar-refractivity contribution in [1.29, 1.82) is 0 Å². The largest absolute Gasteiger partial charge is 0.487 e. The minimum atomic E-state index is -0.786. The van der Waals surface area contributed by atoms with Gasteiger partial charge in [0.2, 0.25) is 5.88 Å². The number of aromatic nitrogens is 2. The van der Waals surface area contributed by atoms with E-state index in [9.17, 15) is 14.3 Å². The highest BCUT2D eigenvalue weighted by Crippen LogP contribution is 2.47. The normalized spacial score (nSPS) is 19.0. The number of rotatable bonds is 10. The highest BCUT2D eigenvalue weighted by atomic mass is 19.1. The summed E-state index contributed by atoms with van der Waals surface area (Å²) in [5.74, 6) is 0.211. The van der Waals surface area contributed by atoms with Crippen LogP contribution in [0.15, 0.2) is 48.7 Å². The van der Waals surface area contributed by atoms with Gasteiger partial charge in [-0.15, -0.1) is 0 Å². The molecule has 0 bridgehead atoms. The number of halogens is 1. The summed E-state index contributed by atoms with van der Waals surface area (Å²) in [6.45, 7) is 11.1. The number of benzene rings is 2. The number of hydrogen-bond donors (Lipinski definition) is 1. The van der Waals surface area contributed by atoms with Crippen molar-refractivity contribution in [2.24, 2.45) is 16.7 Å². The fraction of sp³-hybridized carbons (Fsp3) is 0.500. The summed E-state index contributed by atoms with van der Waals surface area (Å²) >= 11 is 0. The van der Waals surface area contributed by atoms with Gasteiger partial charge in [0.05, 0.1) is 12.6 Å². The minimum absolute atomic E-state index is 0.0108. The average molecular weight is 561 g/mol. The molecule has 0 aliphatic heterocycles. The average Bonchev–Trinajstić information content (AvgIpc) is 3.71. The molecule has 7 heteroatoms. The molecule has 2 aliphatic rings. The van der Waals surface area contributed by atoms with E-state index < -0.39 is 5.97 Å².